The molecule has 1 amide bonds. The number of pyridine rings is 2. The maximum absolute atomic E-state index is 14.0. The van der Waals surface area contributed by atoms with Gasteiger partial charge in [0.15, 0.2) is 5.69 Å². The molecule has 9 nitrogen and oxygen atoms in total. The smallest absolute Gasteiger partial charge is 0.417 e. The number of halogens is 3. The SMILES string of the molecule is COC[C@@H]1[C@@H]2CC[C@@H]([C@H](Oc3ccc(C(F)(F)F)cn3)C2)N1C(=O)c1nc(C)ccc1-n1nccn1. The molecule has 4 atom stereocenters. The third-order valence-corrected chi connectivity index (χ3v) is 6.81. The second-order valence-electron chi connectivity index (χ2n) is 9.05. The van der Waals surface area contributed by atoms with Crippen LogP contribution in [-0.4, -0.2) is 67.7 Å². The van der Waals surface area contributed by atoms with Crippen molar-refractivity contribution in [2.75, 3.05) is 13.7 Å². The summed E-state index contributed by atoms with van der Waals surface area (Å²) in [4.78, 5) is 25.6. The monoisotopic (exact) mass is 502 g/mol. The molecule has 0 N–H and O–H groups in total. The van der Waals surface area contributed by atoms with Crippen LogP contribution in [0, 0.1) is 12.8 Å². The number of amides is 1. The zero-order valence-electron chi connectivity index (χ0n) is 19.7. The van der Waals surface area contributed by atoms with Crippen molar-refractivity contribution in [1.29, 1.82) is 0 Å². The Labute approximate surface area is 205 Å². The van der Waals surface area contributed by atoms with Gasteiger partial charge in [-0.05, 0) is 50.3 Å². The summed E-state index contributed by atoms with van der Waals surface area (Å²) in [5.74, 6) is -0.114. The topological polar surface area (TPSA) is 95.3 Å². The first-order valence-corrected chi connectivity index (χ1v) is 11.6. The van der Waals surface area contributed by atoms with Crippen LogP contribution in [0.4, 0.5) is 13.2 Å². The number of hydrogen-bond donors (Lipinski definition) is 0. The summed E-state index contributed by atoms with van der Waals surface area (Å²) in [7, 11) is 1.59. The van der Waals surface area contributed by atoms with E-state index in [9.17, 15) is 18.0 Å². The number of piperidine rings is 2. The molecule has 2 bridgehead atoms. The fourth-order valence-corrected chi connectivity index (χ4v) is 5.20. The number of aryl methyl sites for hydroxylation is 1. The van der Waals surface area contributed by atoms with Crippen LogP contribution in [0.25, 0.3) is 5.69 Å². The van der Waals surface area contributed by atoms with Crippen molar-refractivity contribution in [2.24, 2.45) is 5.92 Å². The van der Waals surface area contributed by atoms with Gasteiger partial charge in [0.25, 0.3) is 5.91 Å². The molecule has 1 aliphatic carbocycles. The highest BCUT2D eigenvalue weighted by Gasteiger charge is 2.51. The number of ether oxygens (including phenoxy) is 2. The van der Waals surface area contributed by atoms with Gasteiger partial charge in [0, 0.05) is 25.1 Å². The van der Waals surface area contributed by atoms with Crippen LogP contribution in [0.1, 0.15) is 41.0 Å². The Hall–Kier alpha value is -3.54. The third kappa shape index (κ3) is 4.52. The van der Waals surface area contributed by atoms with Crippen molar-refractivity contribution < 1.29 is 27.4 Å². The summed E-state index contributed by atoms with van der Waals surface area (Å²) in [5.41, 5.74) is 0.491. The summed E-state index contributed by atoms with van der Waals surface area (Å²) in [6, 6.07) is 5.18. The molecule has 3 fully saturated rings. The van der Waals surface area contributed by atoms with E-state index in [4.69, 9.17) is 9.47 Å². The molecular weight excluding hydrogens is 477 g/mol. The minimum absolute atomic E-state index is 0.0892. The largest absolute Gasteiger partial charge is 0.472 e. The lowest BCUT2D eigenvalue weighted by molar-refractivity contribution is -0.137. The Morgan fingerprint density at radius 2 is 1.92 bits per heavy atom. The van der Waals surface area contributed by atoms with Crippen LogP contribution >= 0.6 is 0 Å². The Bertz CT molecular complexity index is 1220. The van der Waals surface area contributed by atoms with E-state index in [1.165, 1.54) is 23.3 Å². The molecule has 3 aliphatic rings. The number of aromatic nitrogens is 5. The van der Waals surface area contributed by atoms with Crippen molar-refractivity contribution in [2.45, 2.75) is 50.6 Å². The fraction of sp³-hybridized carbons (Fsp3) is 0.458. The van der Waals surface area contributed by atoms with E-state index in [0.29, 0.717) is 30.8 Å². The Kier molecular flexibility index (Phi) is 6.37. The minimum Gasteiger partial charge on any atom is -0.472 e. The number of alkyl halides is 3. The molecule has 0 radical (unpaired) electrons. The van der Waals surface area contributed by atoms with Crippen molar-refractivity contribution in [3.8, 4) is 11.6 Å². The lowest BCUT2D eigenvalue weighted by atomic mass is 9.72. The zero-order chi connectivity index (χ0) is 25.4. The molecule has 0 aromatic carbocycles. The standard InChI is InChI=1S/C24H25F3N6O3/c1-14-3-6-18(33-29-9-10-30-33)22(31-14)23(34)32-17-7-4-15(19(32)13-35-2)11-20(17)36-21-8-5-16(12-28-21)24(25,26)27/h3,5-6,8-10,12,15,17,19-20H,4,7,11,13H2,1-2H3/t15-,17+,19-,20-/m1/s1. The van der Waals surface area contributed by atoms with Gasteiger partial charge in [0.2, 0.25) is 5.88 Å². The maximum atomic E-state index is 14.0. The lowest BCUT2D eigenvalue weighted by Crippen LogP contribution is -2.65. The van der Waals surface area contributed by atoms with E-state index in [0.717, 1.165) is 18.7 Å². The first-order valence-electron chi connectivity index (χ1n) is 11.6. The zero-order valence-corrected chi connectivity index (χ0v) is 19.7. The van der Waals surface area contributed by atoms with E-state index in [-0.39, 0.29) is 35.5 Å². The summed E-state index contributed by atoms with van der Waals surface area (Å²) in [6.45, 7) is 2.15. The highest BCUT2D eigenvalue weighted by atomic mass is 19.4. The maximum Gasteiger partial charge on any atom is 0.417 e. The molecule has 2 saturated heterocycles. The first kappa shape index (κ1) is 24.2. The second-order valence-corrected chi connectivity index (χ2v) is 9.05. The summed E-state index contributed by atoms with van der Waals surface area (Å²) < 4.78 is 50.3. The van der Waals surface area contributed by atoms with Crippen molar-refractivity contribution >= 4 is 5.91 Å². The molecule has 190 valence electrons. The van der Waals surface area contributed by atoms with E-state index in [1.807, 2.05) is 0 Å². The molecule has 0 unspecified atom stereocenters. The van der Waals surface area contributed by atoms with Gasteiger partial charge >= 0.3 is 6.18 Å². The second kappa shape index (κ2) is 9.49. The van der Waals surface area contributed by atoms with Crippen molar-refractivity contribution in [3.63, 3.8) is 0 Å². The van der Waals surface area contributed by atoms with Crippen LogP contribution in [0.15, 0.2) is 42.9 Å². The Morgan fingerprint density at radius 1 is 1.14 bits per heavy atom. The van der Waals surface area contributed by atoms with Gasteiger partial charge in [-0.15, -0.1) is 4.80 Å². The molecule has 5 heterocycles. The quantitative estimate of drug-likeness (QED) is 0.509. The van der Waals surface area contributed by atoms with E-state index < -0.39 is 17.8 Å². The van der Waals surface area contributed by atoms with Crippen LogP contribution in [0.5, 0.6) is 5.88 Å². The van der Waals surface area contributed by atoms with Crippen molar-refractivity contribution in [3.05, 3.63) is 59.8 Å². The summed E-state index contributed by atoms with van der Waals surface area (Å²) in [5, 5.41) is 8.32. The van der Waals surface area contributed by atoms with E-state index in [2.05, 4.69) is 20.2 Å². The highest BCUT2D eigenvalue weighted by Crippen LogP contribution is 2.42. The number of rotatable bonds is 6. The van der Waals surface area contributed by atoms with Gasteiger partial charge < -0.3 is 14.4 Å². The van der Waals surface area contributed by atoms with Gasteiger partial charge in [-0.1, -0.05) is 0 Å². The highest BCUT2D eigenvalue weighted by molar-refractivity contribution is 5.96. The summed E-state index contributed by atoms with van der Waals surface area (Å²) in [6.07, 6.45) is 1.10. The Morgan fingerprint density at radius 3 is 2.58 bits per heavy atom. The van der Waals surface area contributed by atoms with Gasteiger partial charge in [0.1, 0.15) is 11.8 Å². The van der Waals surface area contributed by atoms with Crippen LogP contribution in [-0.2, 0) is 10.9 Å². The molecule has 0 spiro atoms. The van der Waals surface area contributed by atoms with Gasteiger partial charge in [-0.25, -0.2) is 9.97 Å². The summed E-state index contributed by atoms with van der Waals surface area (Å²) >= 11 is 0. The van der Waals surface area contributed by atoms with Crippen molar-refractivity contribution in [1.82, 2.24) is 29.9 Å². The first-order chi connectivity index (χ1) is 17.3. The molecule has 12 heteroatoms. The number of carbonyl (C=O) groups excluding carboxylic acids is 1. The molecule has 6 rings (SSSR count). The van der Waals surface area contributed by atoms with Crippen LogP contribution in [0.2, 0.25) is 0 Å². The van der Waals surface area contributed by atoms with Gasteiger partial charge in [-0.3, -0.25) is 4.79 Å². The van der Waals surface area contributed by atoms with E-state index in [1.54, 1.807) is 31.1 Å². The molecule has 3 aromatic rings. The number of methoxy groups -OCH3 is 1. The predicted molar refractivity (Wildman–Crippen MR) is 121 cm³/mol. The van der Waals surface area contributed by atoms with Gasteiger partial charge in [-0.2, -0.15) is 23.4 Å². The Balaban J connectivity index is 1.46. The molecule has 2 aliphatic heterocycles. The van der Waals surface area contributed by atoms with E-state index >= 15 is 0 Å². The number of nitrogens with zero attached hydrogens (tertiary/aromatic N) is 6. The molecule has 36 heavy (non-hydrogen) atoms. The number of carbonyl (C=O) groups is 1. The normalized spacial score (nSPS) is 23.6. The van der Waals surface area contributed by atoms with Gasteiger partial charge in [0.05, 0.1) is 36.6 Å². The minimum atomic E-state index is -4.48. The molecular formula is C24H25F3N6O3. The predicted octanol–water partition coefficient (Wildman–Crippen LogP) is 3.47. The average molecular weight is 502 g/mol. The van der Waals surface area contributed by atoms with Crippen LogP contribution < -0.4 is 4.74 Å². The lowest BCUT2D eigenvalue weighted by Gasteiger charge is -2.54. The fourth-order valence-electron chi connectivity index (χ4n) is 5.20. The molecule has 3 aromatic heterocycles. The molecule has 1 saturated carbocycles. The number of fused-ring (bicyclic) bond motifs is 3. The van der Waals surface area contributed by atoms with Crippen LogP contribution in [0.3, 0.4) is 0 Å². The average Bonchev–Trinajstić information content (AvgIpc) is 3.39. The number of hydrogen-bond acceptors (Lipinski definition) is 7. The third-order valence-electron chi connectivity index (χ3n) is 6.81.